The predicted octanol–water partition coefficient (Wildman–Crippen LogP) is 6.40. The monoisotopic (exact) mass is 407 g/mol. The van der Waals surface area contributed by atoms with Gasteiger partial charge in [0, 0.05) is 17.7 Å². The molecule has 154 valence electrons. The Morgan fingerprint density at radius 3 is 2.00 bits per heavy atom. The molecule has 0 aliphatic rings. The van der Waals surface area contributed by atoms with Crippen molar-refractivity contribution < 1.29 is 18.3 Å². The summed E-state index contributed by atoms with van der Waals surface area (Å²) in [7, 11) is 0. The molecule has 0 aliphatic carbocycles. The topological polar surface area (TPSA) is 38.3 Å². The van der Waals surface area contributed by atoms with Gasteiger partial charge < -0.3 is 10.1 Å². The number of benzene rings is 3. The van der Waals surface area contributed by atoms with E-state index in [1.54, 1.807) is 55.5 Å². The number of hydrogen-bond acceptors (Lipinski definition) is 3. The van der Waals surface area contributed by atoms with Gasteiger partial charge in [0.2, 0.25) is 0 Å². The second kappa shape index (κ2) is 10.3. The Labute approximate surface area is 175 Å². The first-order valence-electron chi connectivity index (χ1n) is 9.76. The van der Waals surface area contributed by atoms with E-state index < -0.39 is 18.1 Å². The van der Waals surface area contributed by atoms with Gasteiger partial charge >= 0.3 is 5.97 Å². The van der Waals surface area contributed by atoms with Crippen LogP contribution < -0.4 is 5.32 Å². The van der Waals surface area contributed by atoms with Crippen LogP contribution in [0.4, 0.5) is 14.5 Å². The van der Waals surface area contributed by atoms with Crippen LogP contribution in [0, 0.1) is 0 Å². The lowest BCUT2D eigenvalue weighted by Crippen LogP contribution is -2.31. The summed E-state index contributed by atoms with van der Waals surface area (Å²) in [6.07, 6.45) is -2.01. The highest BCUT2D eigenvalue weighted by atomic mass is 19.3. The first-order valence-corrected chi connectivity index (χ1v) is 9.76. The number of carbonyl (C=O) groups is 1. The van der Waals surface area contributed by atoms with Crippen molar-refractivity contribution in [3.8, 4) is 11.1 Å². The summed E-state index contributed by atoms with van der Waals surface area (Å²) in [6, 6.07) is 24.7. The highest BCUT2D eigenvalue weighted by Crippen LogP contribution is 2.29. The summed E-state index contributed by atoms with van der Waals surface area (Å²) in [4.78, 5) is 12.4. The SMILES string of the molecule is CCOC(=O)C(CC(=C(F)F)c1ccc(-c2ccccc2)cc1)Nc1ccccc1. The zero-order valence-electron chi connectivity index (χ0n) is 16.6. The predicted molar refractivity (Wildman–Crippen MR) is 116 cm³/mol. The summed E-state index contributed by atoms with van der Waals surface area (Å²) in [5.41, 5.74) is 2.79. The summed E-state index contributed by atoms with van der Waals surface area (Å²) >= 11 is 0. The van der Waals surface area contributed by atoms with E-state index in [2.05, 4.69) is 5.32 Å². The van der Waals surface area contributed by atoms with Crippen LogP contribution in [0.1, 0.15) is 18.9 Å². The zero-order valence-corrected chi connectivity index (χ0v) is 16.6. The molecule has 0 radical (unpaired) electrons. The first-order chi connectivity index (χ1) is 14.6. The number of rotatable bonds is 8. The van der Waals surface area contributed by atoms with E-state index in [4.69, 9.17) is 4.74 Å². The van der Waals surface area contributed by atoms with E-state index in [-0.39, 0.29) is 18.6 Å². The quantitative estimate of drug-likeness (QED) is 0.440. The van der Waals surface area contributed by atoms with Gasteiger partial charge in [-0.25, -0.2) is 4.79 Å². The molecular weight excluding hydrogens is 384 g/mol. The molecule has 30 heavy (non-hydrogen) atoms. The van der Waals surface area contributed by atoms with Crippen LogP contribution in [0.15, 0.2) is 91.0 Å². The highest BCUT2D eigenvalue weighted by Gasteiger charge is 2.24. The molecular formula is C25H23F2NO2. The van der Waals surface area contributed by atoms with Crippen LogP contribution in [-0.2, 0) is 9.53 Å². The number of anilines is 1. The van der Waals surface area contributed by atoms with Crippen LogP contribution >= 0.6 is 0 Å². The fourth-order valence-electron chi connectivity index (χ4n) is 3.17. The molecule has 5 heteroatoms. The van der Waals surface area contributed by atoms with Crippen LogP contribution in [0.3, 0.4) is 0 Å². The number of carbonyl (C=O) groups excluding carboxylic acids is 1. The summed E-state index contributed by atoms with van der Waals surface area (Å²) < 4.78 is 32.8. The minimum atomic E-state index is -1.81. The van der Waals surface area contributed by atoms with E-state index in [0.717, 1.165) is 11.1 Å². The van der Waals surface area contributed by atoms with Crippen LogP contribution in [-0.4, -0.2) is 18.6 Å². The molecule has 0 spiro atoms. The maximum atomic E-state index is 13.9. The van der Waals surface area contributed by atoms with Crippen LogP contribution in [0.2, 0.25) is 0 Å². The van der Waals surface area contributed by atoms with Crippen molar-refractivity contribution in [2.45, 2.75) is 19.4 Å². The molecule has 3 aromatic carbocycles. The molecule has 1 N–H and O–H groups in total. The molecule has 0 heterocycles. The number of nitrogens with one attached hydrogen (secondary N) is 1. The van der Waals surface area contributed by atoms with Crippen LogP contribution in [0.5, 0.6) is 0 Å². The van der Waals surface area contributed by atoms with Gasteiger partial charge in [0.1, 0.15) is 6.04 Å². The Kier molecular flexibility index (Phi) is 7.33. The Morgan fingerprint density at radius 1 is 0.867 bits per heavy atom. The second-order valence-electron chi connectivity index (χ2n) is 6.70. The molecule has 3 nitrogen and oxygen atoms in total. The van der Waals surface area contributed by atoms with Gasteiger partial charge in [0.25, 0.3) is 6.08 Å². The second-order valence-corrected chi connectivity index (χ2v) is 6.70. The first kappa shape index (κ1) is 21.2. The third kappa shape index (κ3) is 5.54. The largest absolute Gasteiger partial charge is 0.464 e. The number of para-hydroxylation sites is 1. The molecule has 0 aromatic heterocycles. The van der Waals surface area contributed by atoms with Gasteiger partial charge in [-0.2, -0.15) is 8.78 Å². The molecule has 3 rings (SSSR count). The average Bonchev–Trinajstić information content (AvgIpc) is 2.78. The maximum absolute atomic E-state index is 13.9. The normalized spacial score (nSPS) is 11.4. The maximum Gasteiger partial charge on any atom is 0.328 e. The fraction of sp³-hybridized carbons (Fsp3) is 0.160. The van der Waals surface area contributed by atoms with Crippen molar-refractivity contribution in [2.24, 2.45) is 0 Å². The van der Waals surface area contributed by atoms with Crippen molar-refractivity contribution in [3.05, 3.63) is 96.6 Å². The minimum absolute atomic E-state index is 0.175. The fourth-order valence-corrected chi connectivity index (χ4v) is 3.17. The minimum Gasteiger partial charge on any atom is -0.464 e. The van der Waals surface area contributed by atoms with Crippen molar-refractivity contribution in [3.63, 3.8) is 0 Å². The molecule has 0 amide bonds. The Morgan fingerprint density at radius 2 is 1.43 bits per heavy atom. The lowest BCUT2D eigenvalue weighted by atomic mass is 9.96. The third-order valence-corrected chi connectivity index (χ3v) is 4.66. The Hall–Kier alpha value is -3.47. The molecule has 0 saturated heterocycles. The van der Waals surface area contributed by atoms with Gasteiger partial charge in [0.05, 0.1) is 6.61 Å². The number of hydrogen-bond donors (Lipinski definition) is 1. The van der Waals surface area contributed by atoms with Crippen molar-refractivity contribution in [1.82, 2.24) is 0 Å². The molecule has 3 aromatic rings. The van der Waals surface area contributed by atoms with Gasteiger partial charge in [-0.05, 0) is 35.7 Å². The summed E-state index contributed by atoms with van der Waals surface area (Å²) in [5.74, 6) is -0.569. The lowest BCUT2D eigenvalue weighted by molar-refractivity contribution is -0.143. The average molecular weight is 407 g/mol. The number of ether oxygens (including phenoxy) is 1. The van der Waals surface area contributed by atoms with Crippen molar-refractivity contribution >= 4 is 17.2 Å². The van der Waals surface area contributed by atoms with Gasteiger partial charge in [-0.15, -0.1) is 0 Å². The van der Waals surface area contributed by atoms with Gasteiger partial charge in [-0.3, -0.25) is 0 Å². The zero-order chi connectivity index (χ0) is 21.3. The van der Waals surface area contributed by atoms with Crippen LogP contribution in [0.25, 0.3) is 16.7 Å². The van der Waals surface area contributed by atoms with E-state index in [1.165, 1.54) is 0 Å². The Bertz CT molecular complexity index is 983. The molecule has 0 fully saturated rings. The van der Waals surface area contributed by atoms with E-state index >= 15 is 0 Å². The van der Waals surface area contributed by atoms with E-state index in [1.807, 2.05) is 36.4 Å². The molecule has 1 unspecified atom stereocenters. The smallest absolute Gasteiger partial charge is 0.328 e. The number of esters is 1. The molecule has 0 saturated carbocycles. The summed E-state index contributed by atoms with van der Waals surface area (Å²) in [6.45, 7) is 1.86. The van der Waals surface area contributed by atoms with Gasteiger partial charge in [0.15, 0.2) is 0 Å². The molecule has 0 aliphatic heterocycles. The Balaban J connectivity index is 1.85. The lowest BCUT2D eigenvalue weighted by Gasteiger charge is -2.20. The van der Waals surface area contributed by atoms with E-state index in [0.29, 0.717) is 11.3 Å². The van der Waals surface area contributed by atoms with E-state index in [9.17, 15) is 13.6 Å². The van der Waals surface area contributed by atoms with Gasteiger partial charge in [-0.1, -0.05) is 72.8 Å². The molecule has 0 bridgehead atoms. The number of halogens is 2. The van der Waals surface area contributed by atoms with Crippen molar-refractivity contribution in [1.29, 1.82) is 0 Å². The molecule has 1 atom stereocenters. The third-order valence-electron chi connectivity index (χ3n) is 4.66. The summed E-state index contributed by atoms with van der Waals surface area (Å²) in [5, 5.41) is 3.01. The standard InChI is InChI=1S/C25H23F2NO2/c1-2-30-25(29)23(28-21-11-7-4-8-12-21)17-22(24(26)27)20-15-13-19(14-16-20)18-9-5-3-6-10-18/h3-16,23,28H,2,17H2,1H3. The van der Waals surface area contributed by atoms with Crippen molar-refractivity contribution in [2.75, 3.05) is 11.9 Å². The highest BCUT2D eigenvalue weighted by molar-refractivity contribution is 5.83.